The van der Waals surface area contributed by atoms with Crippen LogP contribution < -0.4 is 0 Å². The highest BCUT2D eigenvalue weighted by molar-refractivity contribution is 5.97. The first-order valence-corrected chi connectivity index (χ1v) is 5.57. The molecule has 1 aromatic carbocycles. The maximum absolute atomic E-state index is 13.0. The summed E-state index contributed by atoms with van der Waals surface area (Å²) in [6.45, 7) is 5.98. The van der Waals surface area contributed by atoms with Gasteiger partial charge in [-0.15, -0.1) is 0 Å². The van der Waals surface area contributed by atoms with Crippen LogP contribution in [-0.4, -0.2) is 5.78 Å². The second-order valence-electron chi connectivity index (χ2n) is 5.45. The van der Waals surface area contributed by atoms with Crippen LogP contribution in [0.25, 0.3) is 11.0 Å². The van der Waals surface area contributed by atoms with Gasteiger partial charge in [-0.25, -0.2) is 4.39 Å². The van der Waals surface area contributed by atoms with Crippen molar-refractivity contribution in [3.8, 4) is 0 Å². The molecule has 0 aliphatic heterocycles. The van der Waals surface area contributed by atoms with Gasteiger partial charge >= 0.3 is 0 Å². The highest BCUT2D eigenvalue weighted by Crippen LogP contribution is 2.25. The molecule has 2 rings (SSSR count). The van der Waals surface area contributed by atoms with Crippen LogP contribution in [0.5, 0.6) is 0 Å². The topological polar surface area (TPSA) is 30.2 Å². The fourth-order valence-corrected chi connectivity index (χ4v) is 1.72. The molecule has 17 heavy (non-hydrogen) atoms. The molecular formula is C14H15FO2. The minimum atomic E-state index is -0.326. The molecule has 0 bridgehead atoms. The van der Waals surface area contributed by atoms with Crippen LogP contribution in [0.3, 0.4) is 0 Å². The lowest BCUT2D eigenvalue weighted by atomic mass is 9.89. The molecule has 0 N–H and O–H groups in total. The van der Waals surface area contributed by atoms with E-state index in [0.29, 0.717) is 23.2 Å². The first kappa shape index (κ1) is 11.8. The smallest absolute Gasteiger partial charge is 0.198 e. The molecular weight excluding hydrogens is 219 g/mol. The molecule has 0 amide bonds. The summed E-state index contributed by atoms with van der Waals surface area (Å²) in [6.07, 6.45) is 0.412. The van der Waals surface area contributed by atoms with Crippen molar-refractivity contribution in [2.75, 3.05) is 0 Å². The average molecular weight is 234 g/mol. The zero-order valence-electron chi connectivity index (χ0n) is 10.2. The average Bonchev–Trinajstić information content (AvgIpc) is 2.57. The van der Waals surface area contributed by atoms with Crippen LogP contribution in [0.1, 0.15) is 37.7 Å². The van der Waals surface area contributed by atoms with Gasteiger partial charge in [0, 0.05) is 11.8 Å². The molecule has 2 aromatic rings. The van der Waals surface area contributed by atoms with Crippen molar-refractivity contribution in [3.05, 3.63) is 35.8 Å². The van der Waals surface area contributed by atoms with E-state index in [1.54, 1.807) is 12.1 Å². The van der Waals surface area contributed by atoms with Crippen LogP contribution in [0, 0.1) is 11.2 Å². The van der Waals surface area contributed by atoms with Crippen LogP contribution in [0.15, 0.2) is 28.7 Å². The lowest BCUT2D eigenvalue weighted by molar-refractivity contribution is 0.0914. The lowest BCUT2D eigenvalue weighted by Crippen LogP contribution is -2.12. The SMILES string of the molecule is CC(C)(C)CC(=O)c1cc2cc(F)ccc2o1. The summed E-state index contributed by atoms with van der Waals surface area (Å²) >= 11 is 0. The maximum atomic E-state index is 13.0. The molecule has 0 fully saturated rings. The summed E-state index contributed by atoms with van der Waals surface area (Å²) in [5, 5.41) is 0.627. The third-order valence-electron chi connectivity index (χ3n) is 2.44. The number of rotatable bonds is 2. The van der Waals surface area contributed by atoms with Gasteiger partial charge in [0.1, 0.15) is 11.4 Å². The third-order valence-corrected chi connectivity index (χ3v) is 2.44. The number of halogens is 1. The molecule has 0 saturated heterocycles. The quantitative estimate of drug-likeness (QED) is 0.729. The normalized spacial score (nSPS) is 12.0. The number of Topliss-reactive ketones (excluding diaryl/α,β-unsaturated/α-hetero) is 1. The Hall–Kier alpha value is -1.64. The number of hydrogen-bond donors (Lipinski definition) is 0. The molecule has 2 nitrogen and oxygen atoms in total. The van der Waals surface area contributed by atoms with E-state index in [0.717, 1.165) is 0 Å². The Morgan fingerprint density at radius 2 is 2.00 bits per heavy atom. The summed E-state index contributed by atoms with van der Waals surface area (Å²) in [5.41, 5.74) is 0.463. The van der Waals surface area contributed by atoms with Gasteiger partial charge in [0.2, 0.25) is 0 Å². The highest BCUT2D eigenvalue weighted by Gasteiger charge is 2.20. The Morgan fingerprint density at radius 3 is 2.65 bits per heavy atom. The molecule has 0 spiro atoms. The molecule has 0 aliphatic carbocycles. The molecule has 0 atom stereocenters. The first-order valence-electron chi connectivity index (χ1n) is 5.57. The van der Waals surface area contributed by atoms with E-state index in [-0.39, 0.29) is 17.0 Å². The molecule has 0 saturated carbocycles. The van der Waals surface area contributed by atoms with Crippen molar-refractivity contribution in [3.63, 3.8) is 0 Å². The standard InChI is InChI=1S/C14H15FO2/c1-14(2,3)8-11(16)13-7-9-6-10(15)4-5-12(9)17-13/h4-7H,8H2,1-3H3. The van der Waals surface area contributed by atoms with Crippen molar-refractivity contribution in [2.24, 2.45) is 5.41 Å². The van der Waals surface area contributed by atoms with Crippen molar-refractivity contribution in [1.82, 2.24) is 0 Å². The summed E-state index contributed by atoms with van der Waals surface area (Å²) in [6, 6.07) is 5.83. The van der Waals surface area contributed by atoms with E-state index in [1.165, 1.54) is 12.1 Å². The zero-order chi connectivity index (χ0) is 12.6. The van der Waals surface area contributed by atoms with Crippen molar-refractivity contribution in [2.45, 2.75) is 27.2 Å². The predicted octanol–water partition coefficient (Wildman–Crippen LogP) is 4.19. The lowest BCUT2D eigenvalue weighted by Gasteiger charge is -2.15. The Balaban J connectivity index is 2.33. The highest BCUT2D eigenvalue weighted by atomic mass is 19.1. The summed E-state index contributed by atoms with van der Waals surface area (Å²) in [4.78, 5) is 11.9. The number of fused-ring (bicyclic) bond motifs is 1. The van der Waals surface area contributed by atoms with Crippen LogP contribution in [-0.2, 0) is 0 Å². The number of carbonyl (C=O) groups excluding carboxylic acids is 1. The number of carbonyl (C=O) groups is 1. The van der Waals surface area contributed by atoms with Gasteiger partial charge in [-0.3, -0.25) is 4.79 Å². The number of furan rings is 1. The van der Waals surface area contributed by atoms with Gasteiger partial charge in [0.25, 0.3) is 0 Å². The van der Waals surface area contributed by atoms with E-state index >= 15 is 0 Å². The Morgan fingerprint density at radius 1 is 1.29 bits per heavy atom. The third kappa shape index (κ3) is 2.73. The minimum absolute atomic E-state index is 0.0471. The van der Waals surface area contributed by atoms with Crippen LogP contribution >= 0.6 is 0 Å². The van der Waals surface area contributed by atoms with Crippen molar-refractivity contribution in [1.29, 1.82) is 0 Å². The van der Waals surface area contributed by atoms with E-state index in [9.17, 15) is 9.18 Å². The van der Waals surface area contributed by atoms with E-state index in [2.05, 4.69) is 0 Å². The predicted molar refractivity (Wildman–Crippen MR) is 64.6 cm³/mol. The number of ketones is 1. The van der Waals surface area contributed by atoms with Gasteiger partial charge in [0.15, 0.2) is 11.5 Å². The Kier molecular flexibility index (Phi) is 2.77. The first-order chi connectivity index (χ1) is 7.85. The Labute approximate surface area is 99.4 Å². The molecule has 3 heteroatoms. The van der Waals surface area contributed by atoms with Gasteiger partial charge in [-0.2, -0.15) is 0 Å². The van der Waals surface area contributed by atoms with E-state index in [1.807, 2.05) is 20.8 Å². The Bertz CT molecular complexity index is 561. The number of hydrogen-bond acceptors (Lipinski definition) is 2. The molecule has 1 aromatic heterocycles. The zero-order valence-corrected chi connectivity index (χ0v) is 10.2. The summed E-state index contributed by atoms with van der Waals surface area (Å²) < 4.78 is 18.4. The number of benzene rings is 1. The largest absolute Gasteiger partial charge is 0.453 e. The second-order valence-corrected chi connectivity index (χ2v) is 5.45. The molecule has 0 radical (unpaired) electrons. The van der Waals surface area contributed by atoms with Crippen molar-refractivity contribution < 1.29 is 13.6 Å². The van der Waals surface area contributed by atoms with Gasteiger partial charge in [-0.1, -0.05) is 20.8 Å². The molecule has 90 valence electrons. The summed E-state index contributed by atoms with van der Waals surface area (Å²) in [7, 11) is 0. The fraction of sp³-hybridized carbons (Fsp3) is 0.357. The fourth-order valence-electron chi connectivity index (χ4n) is 1.72. The van der Waals surface area contributed by atoms with Crippen LogP contribution in [0.2, 0.25) is 0 Å². The van der Waals surface area contributed by atoms with Crippen molar-refractivity contribution >= 4 is 16.8 Å². The maximum Gasteiger partial charge on any atom is 0.198 e. The molecule has 1 heterocycles. The molecule has 0 aliphatic rings. The summed E-state index contributed by atoms with van der Waals surface area (Å²) in [5.74, 6) is -0.0669. The van der Waals surface area contributed by atoms with E-state index < -0.39 is 0 Å². The monoisotopic (exact) mass is 234 g/mol. The van der Waals surface area contributed by atoms with E-state index in [4.69, 9.17) is 4.42 Å². The second kappa shape index (κ2) is 3.99. The van der Waals surface area contributed by atoms with Crippen LogP contribution in [0.4, 0.5) is 4.39 Å². The van der Waals surface area contributed by atoms with Gasteiger partial charge in [0.05, 0.1) is 0 Å². The minimum Gasteiger partial charge on any atom is -0.453 e. The molecule has 0 unspecified atom stereocenters. The van der Waals surface area contributed by atoms with Gasteiger partial charge < -0.3 is 4.42 Å². The van der Waals surface area contributed by atoms with Gasteiger partial charge in [-0.05, 0) is 29.7 Å².